The molecule has 0 saturated carbocycles. The lowest BCUT2D eigenvalue weighted by atomic mass is 10.2. The van der Waals surface area contributed by atoms with Gasteiger partial charge in [0.15, 0.2) is 0 Å². The number of thioether (sulfide) groups is 1. The van der Waals surface area contributed by atoms with Gasteiger partial charge in [-0.25, -0.2) is 4.98 Å². The molecular formula is C18H16ClNS. The van der Waals surface area contributed by atoms with Gasteiger partial charge in [0.05, 0.1) is 5.52 Å². The fourth-order valence-corrected chi connectivity index (χ4v) is 3.57. The fourth-order valence-electron chi connectivity index (χ4n) is 2.32. The first-order valence-corrected chi connectivity index (χ1v) is 8.43. The van der Waals surface area contributed by atoms with Gasteiger partial charge < -0.3 is 0 Å². The highest BCUT2D eigenvalue weighted by molar-refractivity contribution is 7.97. The first-order chi connectivity index (χ1) is 10.2. The van der Waals surface area contributed by atoms with Gasteiger partial charge in [-0.15, -0.1) is 0 Å². The molecule has 0 aliphatic carbocycles. The van der Waals surface area contributed by atoms with Crippen LogP contribution in [-0.4, -0.2) is 4.98 Å². The number of aromatic nitrogens is 1. The third kappa shape index (κ3) is 3.58. The van der Waals surface area contributed by atoms with E-state index in [1.807, 2.05) is 30.0 Å². The molecule has 1 heterocycles. The highest BCUT2D eigenvalue weighted by atomic mass is 35.5. The molecule has 0 saturated heterocycles. The molecule has 0 fully saturated rings. The van der Waals surface area contributed by atoms with Crippen LogP contribution in [0, 0.1) is 6.92 Å². The van der Waals surface area contributed by atoms with Crippen LogP contribution in [0.1, 0.15) is 16.7 Å². The van der Waals surface area contributed by atoms with E-state index in [4.69, 9.17) is 11.6 Å². The predicted octanol–water partition coefficient (Wildman–Crippen LogP) is 5.63. The normalized spacial score (nSPS) is 11.0. The summed E-state index contributed by atoms with van der Waals surface area (Å²) in [5.41, 5.74) is 4.71. The van der Waals surface area contributed by atoms with Crippen LogP contribution in [0.5, 0.6) is 0 Å². The van der Waals surface area contributed by atoms with E-state index < -0.39 is 0 Å². The van der Waals surface area contributed by atoms with E-state index in [2.05, 4.69) is 48.3 Å². The molecule has 3 rings (SSSR count). The number of para-hydroxylation sites is 1. The number of nitrogens with zero attached hydrogens (tertiary/aromatic N) is 1. The lowest BCUT2D eigenvalue weighted by Gasteiger charge is -2.07. The Morgan fingerprint density at radius 2 is 1.86 bits per heavy atom. The summed E-state index contributed by atoms with van der Waals surface area (Å²) in [5, 5.41) is 1.76. The molecule has 1 nitrogen and oxygen atoms in total. The smallest absolute Gasteiger partial charge is 0.133 e. The number of halogens is 1. The van der Waals surface area contributed by atoms with Crippen LogP contribution in [0.25, 0.3) is 10.9 Å². The van der Waals surface area contributed by atoms with E-state index in [0.717, 1.165) is 28.0 Å². The number of pyridine rings is 1. The van der Waals surface area contributed by atoms with Crippen LogP contribution in [-0.2, 0) is 11.5 Å². The number of benzene rings is 2. The first kappa shape index (κ1) is 14.4. The maximum absolute atomic E-state index is 6.29. The number of aryl methyl sites for hydroxylation is 1. The van der Waals surface area contributed by atoms with Gasteiger partial charge >= 0.3 is 0 Å². The number of hydrogen-bond donors (Lipinski definition) is 0. The van der Waals surface area contributed by atoms with E-state index in [1.165, 1.54) is 11.1 Å². The van der Waals surface area contributed by atoms with Crippen LogP contribution in [0.4, 0.5) is 0 Å². The Hall–Kier alpha value is -1.51. The molecule has 0 atom stereocenters. The zero-order valence-electron chi connectivity index (χ0n) is 11.8. The lowest BCUT2D eigenvalue weighted by molar-refractivity contribution is 1.29. The van der Waals surface area contributed by atoms with Crippen molar-refractivity contribution in [2.45, 2.75) is 18.4 Å². The molecule has 0 bridgehead atoms. The van der Waals surface area contributed by atoms with Gasteiger partial charge in [0.1, 0.15) is 5.15 Å². The van der Waals surface area contributed by atoms with Gasteiger partial charge in [-0.1, -0.05) is 59.6 Å². The Morgan fingerprint density at radius 3 is 2.71 bits per heavy atom. The van der Waals surface area contributed by atoms with Crippen molar-refractivity contribution in [1.29, 1.82) is 0 Å². The third-order valence-corrected chi connectivity index (χ3v) is 4.74. The SMILES string of the molecule is Cc1cccc(CSCc2cc3ccccc3nc2Cl)c1. The summed E-state index contributed by atoms with van der Waals surface area (Å²) in [7, 11) is 0. The van der Waals surface area contributed by atoms with Crippen LogP contribution < -0.4 is 0 Å². The van der Waals surface area contributed by atoms with Crippen LogP contribution in [0.3, 0.4) is 0 Å². The van der Waals surface area contributed by atoms with Crippen LogP contribution in [0.15, 0.2) is 54.6 Å². The lowest BCUT2D eigenvalue weighted by Crippen LogP contribution is -1.89. The quantitative estimate of drug-likeness (QED) is 0.579. The van der Waals surface area contributed by atoms with Gasteiger partial charge in [0, 0.05) is 22.5 Å². The highest BCUT2D eigenvalue weighted by Gasteiger charge is 2.05. The second-order valence-corrected chi connectivity index (χ2v) is 6.46. The molecule has 0 radical (unpaired) electrons. The molecule has 2 aromatic carbocycles. The van der Waals surface area contributed by atoms with Gasteiger partial charge in [-0.05, 0) is 24.6 Å². The van der Waals surface area contributed by atoms with Crippen molar-refractivity contribution in [1.82, 2.24) is 4.98 Å². The maximum atomic E-state index is 6.29. The van der Waals surface area contributed by atoms with E-state index in [9.17, 15) is 0 Å². The Bertz CT molecular complexity index is 770. The van der Waals surface area contributed by atoms with Crippen molar-refractivity contribution in [2.24, 2.45) is 0 Å². The fraction of sp³-hybridized carbons (Fsp3) is 0.167. The molecule has 0 amide bonds. The molecule has 0 N–H and O–H groups in total. The van der Waals surface area contributed by atoms with E-state index >= 15 is 0 Å². The van der Waals surface area contributed by atoms with Crippen molar-refractivity contribution in [3.63, 3.8) is 0 Å². The van der Waals surface area contributed by atoms with Crippen molar-refractivity contribution >= 4 is 34.3 Å². The molecule has 0 spiro atoms. The van der Waals surface area contributed by atoms with E-state index in [1.54, 1.807) is 0 Å². The van der Waals surface area contributed by atoms with Gasteiger partial charge in [-0.3, -0.25) is 0 Å². The summed E-state index contributed by atoms with van der Waals surface area (Å²) >= 11 is 8.15. The number of fused-ring (bicyclic) bond motifs is 1. The monoisotopic (exact) mass is 313 g/mol. The van der Waals surface area contributed by atoms with Crippen LogP contribution >= 0.6 is 23.4 Å². The van der Waals surface area contributed by atoms with Crippen molar-refractivity contribution in [3.8, 4) is 0 Å². The molecular weight excluding hydrogens is 298 g/mol. The summed E-state index contributed by atoms with van der Waals surface area (Å²) in [6.45, 7) is 2.12. The molecule has 21 heavy (non-hydrogen) atoms. The standard InChI is InChI=1S/C18H16ClNS/c1-13-5-4-6-14(9-13)11-21-12-16-10-15-7-2-3-8-17(15)20-18(16)19/h2-10H,11-12H2,1H3. The van der Waals surface area contributed by atoms with E-state index in [-0.39, 0.29) is 0 Å². The van der Waals surface area contributed by atoms with Crippen LogP contribution in [0.2, 0.25) is 5.15 Å². The largest absolute Gasteiger partial charge is 0.236 e. The third-order valence-electron chi connectivity index (χ3n) is 3.36. The first-order valence-electron chi connectivity index (χ1n) is 6.90. The summed E-state index contributed by atoms with van der Waals surface area (Å²) in [5.74, 6) is 1.87. The average Bonchev–Trinajstić information content (AvgIpc) is 2.48. The molecule has 0 aliphatic heterocycles. The molecule has 0 aliphatic rings. The summed E-state index contributed by atoms with van der Waals surface area (Å²) in [6.07, 6.45) is 0. The number of hydrogen-bond acceptors (Lipinski definition) is 2. The molecule has 3 heteroatoms. The average molecular weight is 314 g/mol. The zero-order chi connectivity index (χ0) is 14.7. The van der Waals surface area contributed by atoms with Crippen molar-refractivity contribution < 1.29 is 0 Å². The molecule has 0 unspecified atom stereocenters. The van der Waals surface area contributed by atoms with Gasteiger partial charge in [0.2, 0.25) is 0 Å². The minimum Gasteiger partial charge on any atom is -0.236 e. The minimum atomic E-state index is 0.616. The minimum absolute atomic E-state index is 0.616. The molecule has 1 aromatic heterocycles. The Kier molecular flexibility index (Phi) is 4.47. The zero-order valence-corrected chi connectivity index (χ0v) is 13.4. The second kappa shape index (κ2) is 6.50. The second-order valence-electron chi connectivity index (χ2n) is 5.11. The van der Waals surface area contributed by atoms with Gasteiger partial charge in [0.25, 0.3) is 0 Å². The maximum Gasteiger partial charge on any atom is 0.133 e. The Balaban J connectivity index is 1.71. The topological polar surface area (TPSA) is 12.9 Å². The molecule has 106 valence electrons. The number of rotatable bonds is 4. The predicted molar refractivity (Wildman–Crippen MR) is 92.9 cm³/mol. The van der Waals surface area contributed by atoms with E-state index in [0.29, 0.717) is 5.15 Å². The highest BCUT2D eigenvalue weighted by Crippen LogP contribution is 2.26. The van der Waals surface area contributed by atoms with Crippen molar-refractivity contribution in [3.05, 3.63) is 76.4 Å². The van der Waals surface area contributed by atoms with Gasteiger partial charge in [-0.2, -0.15) is 11.8 Å². The summed E-state index contributed by atoms with van der Waals surface area (Å²) < 4.78 is 0. The Morgan fingerprint density at radius 1 is 1.00 bits per heavy atom. The molecule has 3 aromatic rings. The summed E-state index contributed by atoms with van der Waals surface area (Å²) in [6, 6.07) is 18.9. The summed E-state index contributed by atoms with van der Waals surface area (Å²) in [4.78, 5) is 4.47. The Labute approximate surface area is 134 Å². The van der Waals surface area contributed by atoms with Crippen molar-refractivity contribution in [2.75, 3.05) is 0 Å².